The van der Waals surface area contributed by atoms with E-state index < -0.39 is 57.7 Å². The number of hydrogen-bond donors (Lipinski definition) is 1. The highest BCUT2D eigenvalue weighted by Crippen LogP contribution is 2.36. The second kappa shape index (κ2) is 12.1. The number of anilines is 1. The molecule has 2 aromatic rings. The summed E-state index contributed by atoms with van der Waals surface area (Å²) < 4.78 is 79.0. The van der Waals surface area contributed by atoms with E-state index in [9.17, 15) is 35.6 Å². The van der Waals surface area contributed by atoms with Gasteiger partial charge in [0, 0.05) is 12.6 Å². The summed E-state index contributed by atoms with van der Waals surface area (Å²) in [5.74, 6) is -1.89. The molecule has 13 heteroatoms. The maximum Gasteiger partial charge on any atom is 0.416 e. The van der Waals surface area contributed by atoms with E-state index in [1.165, 1.54) is 24.3 Å². The van der Waals surface area contributed by atoms with Gasteiger partial charge >= 0.3 is 6.18 Å². The lowest BCUT2D eigenvalue weighted by molar-refractivity contribution is -0.140. The van der Waals surface area contributed by atoms with E-state index in [2.05, 4.69) is 5.32 Å². The fourth-order valence-corrected chi connectivity index (χ4v) is 4.68. The van der Waals surface area contributed by atoms with Gasteiger partial charge in [0.25, 0.3) is 0 Å². The number of hydrogen-bond acceptors (Lipinski definition) is 4. The molecule has 0 spiro atoms. The Labute approximate surface area is 218 Å². The zero-order valence-electron chi connectivity index (χ0n) is 20.6. The zero-order valence-corrected chi connectivity index (χ0v) is 22.2. The molecule has 204 valence electrons. The molecule has 0 saturated carbocycles. The van der Waals surface area contributed by atoms with Crippen molar-refractivity contribution in [1.82, 2.24) is 10.2 Å². The molecule has 1 atom stereocenters. The van der Waals surface area contributed by atoms with Crippen LogP contribution in [0.1, 0.15) is 38.3 Å². The Bertz CT molecular complexity index is 1220. The minimum Gasteiger partial charge on any atom is -0.352 e. The van der Waals surface area contributed by atoms with Crippen LogP contribution in [-0.2, 0) is 32.3 Å². The fourth-order valence-electron chi connectivity index (χ4n) is 3.56. The van der Waals surface area contributed by atoms with Crippen LogP contribution in [0, 0.1) is 5.82 Å². The summed E-state index contributed by atoms with van der Waals surface area (Å²) in [6.45, 7) is 3.98. The maximum atomic E-state index is 13.5. The normalized spacial score (nSPS) is 12.8. The molecule has 0 radical (unpaired) electrons. The van der Waals surface area contributed by atoms with Crippen LogP contribution in [0.3, 0.4) is 0 Å². The molecule has 0 bridgehead atoms. The van der Waals surface area contributed by atoms with Gasteiger partial charge in [0.1, 0.15) is 18.4 Å². The second-order valence-electron chi connectivity index (χ2n) is 8.67. The minimum absolute atomic E-state index is 0.147. The van der Waals surface area contributed by atoms with Crippen LogP contribution in [-0.4, -0.2) is 50.0 Å². The maximum absolute atomic E-state index is 13.5. The Morgan fingerprint density at radius 1 is 1.08 bits per heavy atom. The highest BCUT2D eigenvalue weighted by molar-refractivity contribution is 7.92. The lowest BCUT2D eigenvalue weighted by Gasteiger charge is -2.33. The van der Waals surface area contributed by atoms with Crippen molar-refractivity contribution in [3.63, 3.8) is 0 Å². The Morgan fingerprint density at radius 2 is 1.68 bits per heavy atom. The molecule has 0 unspecified atom stereocenters. The predicted octanol–water partition coefficient (Wildman–Crippen LogP) is 4.60. The van der Waals surface area contributed by atoms with Crippen molar-refractivity contribution in [1.29, 1.82) is 0 Å². The molecule has 0 saturated heterocycles. The van der Waals surface area contributed by atoms with Crippen LogP contribution < -0.4 is 9.62 Å². The first kappa shape index (κ1) is 30.4. The number of sulfonamides is 1. The smallest absolute Gasteiger partial charge is 0.352 e. The van der Waals surface area contributed by atoms with E-state index in [1.54, 1.807) is 20.8 Å². The van der Waals surface area contributed by atoms with Gasteiger partial charge < -0.3 is 10.2 Å². The third-order valence-electron chi connectivity index (χ3n) is 5.30. The Kier molecular flexibility index (Phi) is 9.95. The molecule has 37 heavy (non-hydrogen) atoms. The summed E-state index contributed by atoms with van der Waals surface area (Å²) in [7, 11) is -4.30. The Morgan fingerprint density at radius 3 is 2.16 bits per heavy atom. The number of amides is 2. The van der Waals surface area contributed by atoms with E-state index in [-0.39, 0.29) is 24.0 Å². The largest absolute Gasteiger partial charge is 0.416 e. The summed E-state index contributed by atoms with van der Waals surface area (Å²) in [4.78, 5) is 27.5. The quantitative estimate of drug-likeness (QED) is 0.427. The van der Waals surface area contributed by atoms with Gasteiger partial charge in [-0.1, -0.05) is 30.7 Å². The first-order valence-electron chi connectivity index (χ1n) is 11.2. The van der Waals surface area contributed by atoms with Gasteiger partial charge in [-0.2, -0.15) is 13.2 Å². The lowest BCUT2D eigenvalue weighted by Crippen LogP contribution is -2.53. The van der Waals surface area contributed by atoms with Crippen LogP contribution in [0.5, 0.6) is 0 Å². The Hall–Kier alpha value is -2.86. The number of rotatable bonds is 10. The van der Waals surface area contributed by atoms with Crippen molar-refractivity contribution >= 4 is 39.1 Å². The van der Waals surface area contributed by atoms with E-state index in [0.29, 0.717) is 22.0 Å². The van der Waals surface area contributed by atoms with Crippen molar-refractivity contribution in [2.45, 2.75) is 52.0 Å². The lowest BCUT2D eigenvalue weighted by atomic mass is 10.1. The van der Waals surface area contributed by atoms with Gasteiger partial charge in [-0.05, 0) is 56.2 Å². The third-order valence-corrected chi connectivity index (χ3v) is 6.75. The second-order valence-corrected chi connectivity index (χ2v) is 11.0. The highest BCUT2D eigenvalue weighted by Gasteiger charge is 2.35. The standard InChI is InChI=1S/C24H28ClF4N3O4S/c1-5-20(23(34)30-15(2)3)31(13-16-6-9-18(26)10-7-16)22(33)14-32(37(4,35)36)21-12-17(24(27,28)29)8-11-19(21)25/h6-12,15,20H,5,13-14H2,1-4H3,(H,30,34)/t20-/m0/s1. The van der Waals surface area contributed by atoms with Crippen LogP contribution in [0.2, 0.25) is 5.02 Å². The minimum atomic E-state index is -4.79. The van der Waals surface area contributed by atoms with Crippen LogP contribution in [0.25, 0.3) is 0 Å². The van der Waals surface area contributed by atoms with Crippen molar-refractivity contribution in [2.24, 2.45) is 0 Å². The first-order chi connectivity index (χ1) is 17.0. The van der Waals surface area contributed by atoms with Crippen molar-refractivity contribution in [3.8, 4) is 0 Å². The first-order valence-corrected chi connectivity index (χ1v) is 13.5. The molecular weight excluding hydrogens is 538 g/mol. The van der Waals surface area contributed by atoms with E-state index in [1.807, 2.05) is 0 Å². The molecular formula is C24H28ClF4N3O4S. The molecule has 2 aromatic carbocycles. The van der Waals surface area contributed by atoms with Gasteiger partial charge in [-0.3, -0.25) is 13.9 Å². The third kappa shape index (κ3) is 8.32. The van der Waals surface area contributed by atoms with Crippen LogP contribution in [0.15, 0.2) is 42.5 Å². The van der Waals surface area contributed by atoms with Crippen LogP contribution >= 0.6 is 11.6 Å². The molecule has 2 amide bonds. The average Bonchev–Trinajstić information content (AvgIpc) is 2.77. The predicted molar refractivity (Wildman–Crippen MR) is 133 cm³/mol. The van der Waals surface area contributed by atoms with E-state index in [4.69, 9.17) is 11.6 Å². The Balaban J connectivity index is 2.54. The average molecular weight is 566 g/mol. The molecule has 0 fully saturated rings. The van der Waals surface area contributed by atoms with Crippen LogP contribution in [0.4, 0.5) is 23.2 Å². The summed E-state index contributed by atoms with van der Waals surface area (Å²) >= 11 is 6.05. The number of carbonyl (C=O) groups excluding carboxylic acids is 2. The van der Waals surface area contributed by atoms with Crippen molar-refractivity contribution in [3.05, 3.63) is 64.4 Å². The number of halogens is 5. The topological polar surface area (TPSA) is 86.8 Å². The fraction of sp³-hybridized carbons (Fsp3) is 0.417. The zero-order chi connectivity index (χ0) is 28.1. The van der Waals surface area contributed by atoms with Gasteiger partial charge in [0.05, 0.1) is 22.5 Å². The highest BCUT2D eigenvalue weighted by atomic mass is 35.5. The van der Waals surface area contributed by atoms with Gasteiger partial charge in [-0.15, -0.1) is 0 Å². The van der Waals surface area contributed by atoms with E-state index in [0.717, 1.165) is 17.2 Å². The molecule has 7 nitrogen and oxygen atoms in total. The number of benzene rings is 2. The summed E-state index contributed by atoms with van der Waals surface area (Å²) in [5.41, 5.74) is -1.23. The molecule has 0 heterocycles. The molecule has 0 aliphatic carbocycles. The molecule has 1 N–H and O–H groups in total. The summed E-state index contributed by atoms with van der Waals surface area (Å²) in [6, 6.07) is 5.96. The number of carbonyl (C=O) groups is 2. The number of nitrogens with zero attached hydrogens (tertiary/aromatic N) is 2. The van der Waals surface area contributed by atoms with Gasteiger partial charge in [0.15, 0.2) is 0 Å². The molecule has 0 aliphatic heterocycles. The van der Waals surface area contributed by atoms with Gasteiger partial charge in [-0.25, -0.2) is 12.8 Å². The van der Waals surface area contributed by atoms with Crippen molar-refractivity contribution < 1.29 is 35.6 Å². The molecule has 2 rings (SSSR count). The summed E-state index contributed by atoms with van der Waals surface area (Å²) in [5, 5.41) is 2.38. The van der Waals surface area contributed by atoms with E-state index >= 15 is 0 Å². The molecule has 0 aromatic heterocycles. The SMILES string of the molecule is CC[C@@H](C(=O)NC(C)C)N(Cc1ccc(F)cc1)C(=O)CN(c1cc(C(F)(F)F)ccc1Cl)S(C)(=O)=O. The van der Waals surface area contributed by atoms with Crippen molar-refractivity contribution in [2.75, 3.05) is 17.1 Å². The monoisotopic (exact) mass is 565 g/mol. The number of nitrogens with one attached hydrogen (secondary N) is 1. The van der Waals surface area contributed by atoms with Gasteiger partial charge in [0.2, 0.25) is 21.8 Å². The number of alkyl halides is 3. The summed E-state index contributed by atoms with van der Waals surface area (Å²) in [6.07, 6.45) is -3.91. The molecule has 0 aliphatic rings.